The van der Waals surface area contributed by atoms with Gasteiger partial charge in [-0.25, -0.2) is 15.0 Å². The number of benzene rings is 1. The van der Waals surface area contributed by atoms with Crippen molar-refractivity contribution in [2.24, 2.45) is 0 Å². The highest BCUT2D eigenvalue weighted by atomic mass is 15.2. The van der Waals surface area contributed by atoms with Crippen molar-refractivity contribution in [1.82, 2.24) is 15.0 Å². The lowest BCUT2D eigenvalue weighted by molar-refractivity contribution is 0.894. The number of nitrogen functional groups attached to an aromatic ring is 1. The SMILES string of the molecule is CN(Cc1ccccc1)c1ncnc(Nc2ccccn2)c1N. The van der Waals surface area contributed by atoms with Gasteiger partial charge in [0.05, 0.1) is 0 Å². The summed E-state index contributed by atoms with van der Waals surface area (Å²) in [6.45, 7) is 0.713. The number of anilines is 4. The van der Waals surface area contributed by atoms with Gasteiger partial charge in [0.25, 0.3) is 0 Å². The van der Waals surface area contributed by atoms with Crippen LogP contribution in [0.5, 0.6) is 0 Å². The minimum Gasteiger partial charge on any atom is -0.393 e. The average molecular weight is 306 g/mol. The molecular weight excluding hydrogens is 288 g/mol. The molecule has 0 aliphatic rings. The number of aromatic nitrogens is 3. The second-order valence-electron chi connectivity index (χ2n) is 5.14. The van der Waals surface area contributed by atoms with E-state index in [-0.39, 0.29) is 0 Å². The van der Waals surface area contributed by atoms with Gasteiger partial charge in [-0.1, -0.05) is 36.4 Å². The number of hydrogen-bond acceptors (Lipinski definition) is 6. The molecule has 0 spiro atoms. The summed E-state index contributed by atoms with van der Waals surface area (Å²) in [5.41, 5.74) is 7.91. The zero-order valence-corrected chi connectivity index (χ0v) is 12.8. The molecule has 3 N–H and O–H groups in total. The highest BCUT2D eigenvalue weighted by molar-refractivity contribution is 5.77. The van der Waals surface area contributed by atoms with Crippen molar-refractivity contribution in [3.8, 4) is 0 Å². The summed E-state index contributed by atoms with van der Waals surface area (Å²) in [6, 6.07) is 15.8. The van der Waals surface area contributed by atoms with Crippen LogP contribution in [0.1, 0.15) is 5.56 Å². The molecule has 0 aliphatic carbocycles. The fourth-order valence-electron chi connectivity index (χ4n) is 2.28. The summed E-state index contributed by atoms with van der Waals surface area (Å²) in [4.78, 5) is 14.7. The topological polar surface area (TPSA) is 80.0 Å². The Hall–Kier alpha value is -3.15. The first kappa shape index (κ1) is 14.8. The molecule has 3 rings (SSSR count). The van der Waals surface area contributed by atoms with Crippen LogP contribution >= 0.6 is 0 Å². The van der Waals surface area contributed by atoms with Crippen LogP contribution in [0.25, 0.3) is 0 Å². The minimum absolute atomic E-state index is 0.497. The first-order chi connectivity index (χ1) is 11.2. The Balaban J connectivity index is 1.81. The summed E-state index contributed by atoms with van der Waals surface area (Å²) in [5.74, 6) is 1.92. The third kappa shape index (κ3) is 3.55. The molecule has 116 valence electrons. The standard InChI is InChI=1S/C17H18N6/c1-23(11-13-7-3-2-4-8-13)17-15(18)16(20-12-21-17)22-14-9-5-6-10-19-14/h2-10,12H,11,18H2,1H3,(H,19,20,21,22). The van der Waals surface area contributed by atoms with Gasteiger partial charge >= 0.3 is 0 Å². The molecule has 6 nitrogen and oxygen atoms in total. The van der Waals surface area contributed by atoms with Crippen LogP contribution in [0.4, 0.5) is 23.1 Å². The van der Waals surface area contributed by atoms with Gasteiger partial charge in [-0.2, -0.15) is 0 Å². The van der Waals surface area contributed by atoms with Gasteiger partial charge in [0.2, 0.25) is 0 Å². The highest BCUT2D eigenvalue weighted by Gasteiger charge is 2.12. The number of nitrogens with one attached hydrogen (secondary N) is 1. The lowest BCUT2D eigenvalue weighted by Gasteiger charge is -2.21. The average Bonchev–Trinajstić information content (AvgIpc) is 2.58. The Labute approximate surface area is 135 Å². The number of pyridine rings is 1. The lowest BCUT2D eigenvalue weighted by Crippen LogP contribution is -2.20. The van der Waals surface area contributed by atoms with Crippen molar-refractivity contribution >= 4 is 23.1 Å². The fourth-order valence-corrected chi connectivity index (χ4v) is 2.28. The quantitative estimate of drug-likeness (QED) is 0.754. The van der Waals surface area contributed by atoms with Crippen LogP contribution in [-0.2, 0) is 6.54 Å². The largest absolute Gasteiger partial charge is 0.393 e. The predicted octanol–water partition coefficient (Wildman–Crippen LogP) is 2.83. The maximum absolute atomic E-state index is 6.23. The Morgan fingerprint density at radius 3 is 2.52 bits per heavy atom. The Morgan fingerprint density at radius 2 is 1.78 bits per heavy atom. The van der Waals surface area contributed by atoms with E-state index in [9.17, 15) is 0 Å². The number of nitrogens with zero attached hydrogens (tertiary/aromatic N) is 4. The van der Waals surface area contributed by atoms with E-state index in [2.05, 4.69) is 32.4 Å². The van der Waals surface area contributed by atoms with Gasteiger partial charge in [-0.05, 0) is 17.7 Å². The van der Waals surface area contributed by atoms with Crippen molar-refractivity contribution in [3.05, 3.63) is 66.6 Å². The summed E-state index contributed by atoms with van der Waals surface area (Å²) in [7, 11) is 1.95. The molecular formula is C17H18N6. The molecule has 0 saturated carbocycles. The van der Waals surface area contributed by atoms with E-state index >= 15 is 0 Å². The Morgan fingerprint density at radius 1 is 1.00 bits per heavy atom. The Bertz CT molecular complexity index is 761. The Kier molecular flexibility index (Phi) is 4.33. The third-order valence-corrected chi connectivity index (χ3v) is 3.40. The molecule has 6 heteroatoms. The first-order valence-corrected chi connectivity index (χ1v) is 7.27. The van der Waals surface area contributed by atoms with E-state index in [0.717, 1.165) is 0 Å². The summed E-state index contributed by atoms with van der Waals surface area (Å²) >= 11 is 0. The normalized spacial score (nSPS) is 10.3. The van der Waals surface area contributed by atoms with Crippen molar-refractivity contribution in [2.45, 2.75) is 6.54 Å². The monoisotopic (exact) mass is 306 g/mol. The molecule has 23 heavy (non-hydrogen) atoms. The van der Waals surface area contributed by atoms with Gasteiger partial charge in [-0.15, -0.1) is 0 Å². The lowest BCUT2D eigenvalue weighted by atomic mass is 10.2. The summed E-state index contributed by atoms with van der Waals surface area (Å²) < 4.78 is 0. The molecule has 0 amide bonds. The summed E-state index contributed by atoms with van der Waals surface area (Å²) in [5, 5.41) is 3.12. The van der Waals surface area contributed by atoms with Crippen LogP contribution in [0.2, 0.25) is 0 Å². The molecule has 0 fully saturated rings. The maximum atomic E-state index is 6.23. The van der Waals surface area contributed by atoms with Crippen LogP contribution in [0.3, 0.4) is 0 Å². The van der Waals surface area contributed by atoms with E-state index in [1.54, 1.807) is 6.20 Å². The van der Waals surface area contributed by atoms with Crippen molar-refractivity contribution < 1.29 is 0 Å². The molecule has 1 aromatic carbocycles. The van der Waals surface area contributed by atoms with Gasteiger partial charge in [0, 0.05) is 19.8 Å². The van der Waals surface area contributed by atoms with Gasteiger partial charge in [0.15, 0.2) is 11.6 Å². The second kappa shape index (κ2) is 6.74. The number of rotatable bonds is 5. The van der Waals surface area contributed by atoms with E-state index in [4.69, 9.17) is 5.73 Å². The summed E-state index contributed by atoms with van der Waals surface area (Å²) in [6.07, 6.45) is 3.21. The minimum atomic E-state index is 0.497. The molecule has 0 unspecified atom stereocenters. The molecule has 0 radical (unpaired) electrons. The molecule has 0 saturated heterocycles. The third-order valence-electron chi connectivity index (χ3n) is 3.40. The van der Waals surface area contributed by atoms with Crippen molar-refractivity contribution in [3.63, 3.8) is 0 Å². The number of hydrogen-bond donors (Lipinski definition) is 2. The van der Waals surface area contributed by atoms with Crippen LogP contribution in [0, 0.1) is 0 Å². The zero-order valence-electron chi connectivity index (χ0n) is 12.8. The molecule has 2 aromatic heterocycles. The van der Waals surface area contributed by atoms with Gasteiger partial charge in [-0.3, -0.25) is 0 Å². The van der Waals surface area contributed by atoms with Crippen LogP contribution in [0.15, 0.2) is 61.1 Å². The molecule has 0 atom stereocenters. The first-order valence-electron chi connectivity index (χ1n) is 7.27. The number of nitrogens with two attached hydrogens (primary N) is 1. The molecule has 0 bridgehead atoms. The molecule has 0 aliphatic heterocycles. The highest BCUT2D eigenvalue weighted by Crippen LogP contribution is 2.27. The van der Waals surface area contributed by atoms with E-state index in [1.807, 2.05) is 48.3 Å². The fraction of sp³-hybridized carbons (Fsp3) is 0.118. The van der Waals surface area contributed by atoms with Crippen LogP contribution in [-0.4, -0.2) is 22.0 Å². The van der Waals surface area contributed by atoms with E-state index < -0.39 is 0 Å². The van der Waals surface area contributed by atoms with Crippen LogP contribution < -0.4 is 16.0 Å². The molecule has 2 heterocycles. The van der Waals surface area contributed by atoms with Gasteiger partial charge < -0.3 is 16.0 Å². The predicted molar refractivity (Wildman–Crippen MR) is 92.5 cm³/mol. The second-order valence-corrected chi connectivity index (χ2v) is 5.14. The van der Waals surface area contributed by atoms with E-state index in [0.29, 0.717) is 29.7 Å². The zero-order chi connectivity index (χ0) is 16.1. The van der Waals surface area contributed by atoms with Crippen molar-refractivity contribution in [1.29, 1.82) is 0 Å². The molecule has 3 aromatic rings. The smallest absolute Gasteiger partial charge is 0.160 e. The maximum Gasteiger partial charge on any atom is 0.160 e. The van der Waals surface area contributed by atoms with E-state index in [1.165, 1.54) is 11.9 Å². The van der Waals surface area contributed by atoms with Gasteiger partial charge in [0.1, 0.15) is 17.8 Å². The van der Waals surface area contributed by atoms with Crippen molar-refractivity contribution in [2.75, 3.05) is 23.0 Å².